The number of hydrogen-bond acceptors (Lipinski definition) is 6. The highest BCUT2D eigenvalue weighted by molar-refractivity contribution is 7.09. The maximum absolute atomic E-state index is 5.54. The van der Waals surface area contributed by atoms with Gasteiger partial charge in [0.05, 0.1) is 0 Å². The molecule has 5 nitrogen and oxygen atoms in total. The van der Waals surface area contributed by atoms with Gasteiger partial charge < -0.3 is 10.6 Å². The van der Waals surface area contributed by atoms with Crippen LogP contribution in [0.2, 0.25) is 0 Å². The van der Waals surface area contributed by atoms with Crippen LogP contribution < -0.4 is 10.6 Å². The van der Waals surface area contributed by atoms with Gasteiger partial charge in [-0.2, -0.15) is 9.36 Å². The van der Waals surface area contributed by atoms with Crippen LogP contribution in [0, 0.1) is 0 Å². The molecule has 1 aromatic heterocycles. The van der Waals surface area contributed by atoms with E-state index in [1.807, 2.05) is 0 Å². The molecule has 82 valence electrons. The van der Waals surface area contributed by atoms with Gasteiger partial charge in [-0.3, -0.25) is 4.90 Å². The van der Waals surface area contributed by atoms with Gasteiger partial charge in [0.25, 0.3) is 0 Å². The van der Waals surface area contributed by atoms with Crippen molar-refractivity contribution in [1.29, 1.82) is 0 Å². The summed E-state index contributed by atoms with van der Waals surface area (Å²) >= 11 is 1.41. The summed E-state index contributed by atoms with van der Waals surface area (Å²) in [4.78, 5) is 9.15. The average Bonchev–Trinajstić information content (AvgIpc) is 2.84. The van der Waals surface area contributed by atoms with Gasteiger partial charge >= 0.3 is 0 Å². The normalized spacial score (nSPS) is 26.9. The van der Waals surface area contributed by atoms with Crippen molar-refractivity contribution < 1.29 is 0 Å². The van der Waals surface area contributed by atoms with E-state index in [0.717, 1.165) is 30.8 Å². The van der Waals surface area contributed by atoms with Crippen LogP contribution in [-0.2, 0) is 0 Å². The topological polar surface area (TPSA) is 58.3 Å². The molecule has 2 saturated heterocycles. The van der Waals surface area contributed by atoms with E-state index < -0.39 is 0 Å². The van der Waals surface area contributed by atoms with Gasteiger partial charge in [0, 0.05) is 37.2 Å². The Morgan fingerprint density at radius 1 is 1.33 bits per heavy atom. The Bertz CT molecular complexity index is 352. The monoisotopic (exact) mass is 225 g/mol. The highest BCUT2D eigenvalue weighted by Gasteiger charge is 2.31. The molecule has 2 N–H and O–H groups in total. The summed E-state index contributed by atoms with van der Waals surface area (Å²) in [7, 11) is 0. The molecule has 1 unspecified atom stereocenters. The zero-order chi connectivity index (χ0) is 10.3. The first-order valence-electron chi connectivity index (χ1n) is 5.41. The fourth-order valence-corrected chi connectivity index (χ4v) is 3.15. The van der Waals surface area contributed by atoms with Gasteiger partial charge in [0.15, 0.2) is 0 Å². The van der Waals surface area contributed by atoms with Crippen LogP contribution in [0.5, 0.6) is 0 Å². The molecule has 0 radical (unpaired) electrons. The lowest BCUT2D eigenvalue weighted by Gasteiger charge is -2.37. The lowest BCUT2D eigenvalue weighted by atomic mass is 10.2. The van der Waals surface area contributed by atoms with Crippen LogP contribution in [0.4, 0.5) is 11.1 Å². The molecule has 2 aliphatic heterocycles. The molecule has 3 rings (SSSR count). The Labute approximate surface area is 93.1 Å². The summed E-state index contributed by atoms with van der Waals surface area (Å²) in [6, 6.07) is 0.726. The Balaban J connectivity index is 1.73. The van der Waals surface area contributed by atoms with Crippen molar-refractivity contribution in [2.24, 2.45) is 0 Å². The lowest BCUT2D eigenvalue weighted by Crippen LogP contribution is -2.50. The third-order valence-electron chi connectivity index (χ3n) is 3.29. The molecular weight excluding hydrogens is 210 g/mol. The minimum atomic E-state index is 0.406. The van der Waals surface area contributed by atoms with Crippen molar-refractivity contribution in [2.75, 3.05) is 36.8 Å². The predicted octanol–water partition coefficient (Wildman–Crippen LogP) is 0.405. The van der Waals surface area contributed by atoms with E-state index in [0.29, 0.717) is 5.95 Å². The second-order valence-corrected chi connectivity index (χ2v) is 4.94. The van der Waals surface area contributed by atoms with Gasteiger partial charge in [-0.05, 0) is 19.4 Å². The average molecular weight is 225 g/mol. The summed E-state index contributed by atoms with van der Waals surface area (Å²) in [5.74, 6) is 0.406. The number of fused-ring (bicyclic) bond motifs is 1. The zero-order valence-electron chi connectivity index (χ0n) is 8.59. The fraction of sp³-hybridized carbons (Fsp3) is 0.778. The van der Waals surface area contributed by atoms with E-state index in [2.05, 4.69) is 19.2 Å². The van der Waals surface area contributed by atoms with Gasteiger partial charge in [-0.25, -0.2) is 0 Å². The van der Waals surface area contributed by atoms with E-state index in [-0.39, 0.29) is 0 Å². The van der Waals surface area contributed by atoms with Crippen LogP contribution >= 0.6 is 11.5 Å². The number of rotatable bonds is 1. The van der Waals surface area contributed by atoms with Crippen LogP contribution in [0.25, 0.3) is 0 Å². The van der Waals surface area contributed by atoms with E-state index in [9.17, 15) is 0 Å². The minimum absolute atomic E-state index is 0.406. The maximum atomic E-state index is 5.54. The van der Waals surface area contributed by atoms with Gasteiger partial charge in [-0.1, -0.05) is 0 Å². The minimum Gasteiger partial charge on any atom is -0.367 e. The molecule has 2 aliphatic rings. The Morgan fingerprint density at radius 2 is 2.27 bits per heavy atom. The smallest absolute Gasteiger partial charge is 0.233 e. The van der Waals surface area contributed by atoms with Gasteiger partial charge in [0.2, 0.25) is 11.1 Å². The van der Waals surface area contributed by atoms with Crippen molar-refractivity contribution in [1.82, 2.24) is 14.3 Å². The van der Waals surface area contributed by atoms with Crippen molar-refractivity contribution in [3.05, 3.63) is 0 Å². The highest BCUT2D eigenvalue weighted by atomic mass is 32.1. The molecule has 0 amide bonds. The molecular formula is C9H15N5S. The first-order chi connectivity index (χ1) is 7.33. The molecule has 15 heavy (non-hydrogen) atoms. The number of hydrogen-bond donors (Lipinski definition) is 1. The molecule has 0 saturated carbocycles. The van der Waals surface area contributed by atoms with Crippen LogP contribution in [0.15, 0.2) is 0 Å². The molecule has 1 aromatic rings. The third-order valence-corrected chi connectivity index (χ3v) is 4.08. The molecule has 2 fully saturated rings. The standard InChI is InChI=1S/C9H15N5S/c10-8-11-9(15-12-8)14-5-4-13-3-1-2-7(13)6-14/h7H,1-6H2,(H2,10,12). The third kappa shape index (κ3) is 1.68. The van der Waals surface area contributed by atoms with Gasteiger partial charge in [-0.15, -0.1) is 0 Å². The van der Waals surface area contributed by atoms with E-state index in [4.69, 9.17) is 5.73 Å². The number of anilines is 2. The molecule has 1 atom stereocenters. The second-order valence-electron chi connectivity index (χ2n) is 4.21. The number of aromatic nitrogens is 2. The van der Waals surface area contributed by atoms with E-state index in [1.165, 1.54) is 30.9 Å². The number of nitrogen functional groups attached to an aromatic ring is 1. The summed E-state index contributed by atoms with van der Waals surface area (Å²) < 4.78 is 4.03. The highest BCUT2D eigenvalue weighted by Crippen LogP contribution is 2.26. The number of nitrogens with zero attached hydrogens (tertiary/aromatic N) is 4. The largest absolute Gasteiger partial charge is 0.367 e. The summed E-state index contributed by atoms with van der Waals surface area (Å²) in [6.07, 6.45) is 2.67. The van der Waals surface area contributed by atoms with Gasteiger partial charge in [0.1, 0.15) is 0 Å². The summed E-state index contributed by atoms with van der Waals surface area (Å²) in [5.41, 5.74) is 5.54. The van der Waals surface area contributed by atoms with Crippen molar-refractivity contribution >= 4 is 22.6 Å². The molecule has 0 aromatic carbocycles. The quantitative estimate of drug-likeness (QED) is 0.750. The van der Waals surface area contributed by atoms with Crippen molar-refractivity contribution in [3.63, 3.8) is 0 Å². The predicted molar refractivity (Wildman–Crippen MR) is 61.1 cm³/mol. The summed E-state index contributed by atoms with van der Waals surface area (Å²) in [6.45, 7) is 4.58. The lowest BCUT2D eigenvalue weighted by molar-refractivity contribution is 0.231. The zero-order valence-corrected chi connectivity index (χ0v) is 9.41. The maximum Gasteiger partial charge on any atom is 0.233 e. The first-order valence-corrected chi connectivity index (χ1v) is 6.18. The number of nitrogens with two attached hydrogens (primary N) is 1. The van der Waals surface area contributed by atoms with Crippen LogP contribution in [0.1, 0.15) is 12.8 Å². The van der Waals surface area contributed by atoms with E-state index in [1.54, 1.807) is 0 Å². The van der Waals surface area contributed by atoms with Crippen LogP contribution in [0.3, 0.4) is 0 Å². The Kier molecular flexibility index (Phi) is 2.25. The second kappa shape index (κ2) is 3.61. The summed E-state index contributed by atoms with van der Waals surface area (Å²) in [5, 5.41) is 0.985. The molecule has 6 heteroatoms. The first kappa shape index (κ1) is 9.35. The van der Waals surface area contributed by atoms with Crippen molar-refractivity contribution in [3.8, 4) is 0 Å². The van der Waals surface area contributed by atoms with Crippen molar-refractivity contribution in [2.45, 2.75) is 18.9 Å². The fourth-order valence-electron chi connectivity index (χ4n) is 2.52. The van der Waals surface area contributed by atoms with Crippen LogP contribution in [-0.4, -0.2) is 46.5 Å². The molecule has 3 heterocycles. The Morgan fingerprint density at radius 3 is 3.07 bits per heavy atom. The molecule has 0 aliphatic carbocycles. The molecule has 0 spiro atoms. The van der Waals surface area contributed by atoms with E-state index >= 15 is 0 Å². The Hall–Kier alpha value is -0.880. The SMILES string of the molecule is Nc1nsc(N2CCN3CCCC3C2)n1. The molecule has 0 bridgehead atoms. The number of piperazine rings is 1.